The average molecular weight is 346 g/mol. The molecule has 0 fully saturated rings. The molecule has 0 saturated carbocycles. The molecule has 0 aliphatic heterocycles. The number of para-hydroxylation sites is 3. The number of phenolic OH excluding ortho intramolecular Hbond substituents is 1. The van der Waals surface area contributed by atoms with E-state index in [-0.39, 0.29) is 5.75 Å². The summed E-state index contributed by atoms with van der Waals surface area (Å²) in [5.41, 5.74) is 3.68. The molecule has 0 aliphatic rings. The fraction of sp³-hybridized carbons (Fsp3) is 0.0952. The Morgan fingerprint density at radius 1 is 0.846 bits per heavy atom. The second kappa shape index (κ2) is 6.44. The maximum absolute atomic E-state index is 10.2. The van der Waals surface area contributed by atoms with Gasteiger partial charge in [0.05, 0.1) is 25.3 Å². The number of aromatic nitrogens is 2. The minimum atomic E-state index is -0.0267. The van der Waals surface area contributed by atoms with Gasteiger partial charge in [-0.05, 0) is 36.4 Å². The van der Waals surface area contributed by atoms with E-state index in [1.54, 1.807) is 12.1 Å². The summed E-state index contributed by atoms with van der Waals surface area (Å²) < 4.78 is 12.7. The lowest BCUT2D eigenvalue weighted by atomic mass is 10.1. The van der Waals surface area contributed by atoms with Gasteiger partial charge in [0.2, 0.25) is 5.75 Å². The third-order valence-corrected chi connectivity index (χ3v) is 4.31. The lowest BCUT2D eigenvalue weighted by molar-refractivity contribution is 0.340. The lowest BCUT2D eigenvalue weighted by Crippen LogP contribution is -1.98. The van der Waals surface area contributed by atoms with Crippen LogP contribution in [0.1, 0.15) is 0 Å². The number of hydrogen-bond acceptors (Lipinski definition) is 4. The summed E-state index contributed by atoms with van der Waals surface area (Å²) in [7, 11) is 3.02. The van der Waals surface area contributed by atoms with Gasteiger partial charge in [-0.2, -0.15) is 0 Å². The molecule has 0 saturated heterocycles. The molecule has 0 radical (unpaired) electrons. The second-order valence-electron chi connectivity index (χ2n) is 5.82. The minimum absolute atomic E-state index is 0.0267. The van der Waals surface area contributed by atoms with Gasteiger partial charge in [-0.15, -0.1) is 0 Å². The van der Waals surface area contributed by atoms with Crippen molar-refractivity contribution >= 4 is 11.0 Å². The number of nitrogens with zero attached hydrogens (tertiary/aromatic N) is 2. The van der Waals surface area contributed by atoms with E-state index < -0.39 is 0 Å². The molecule has 5 nitrogen and oxygen atoms in total. The van der Waals surface area contributed by atoms with Crippen molar-refractivity contribution in [2.45, 2.75) is 0 Å². The first-order chi connectivity index (χ1) is 12.7. The van der Waals surface area contributed by atoms with Crippen LogP contribution < -0.4 is 9.47 Å². The van der Waals surface area contributed by atoms with E-state index in [1.165, 1.54) is 14.2 Å². The third-order valence-electron chi connectivity index (χ3n) is 4.31. The molecule has 0 amide bonds. The van der Waals surface area contributed by atoms with Gasteiger partial charge in [0.25, 0.3) is 0 Å². The zero-order valence-electron chi connectivity index (χ0n) is 14.5. The Morgan fingerprint density at radius 3 is 2.12 bits per heavy atom. The third kappa shape index (κ3) is 2.54. The number of imidazole rings is 1. The fourth-order valence-electron chi connectivity index (χ4n) is 3.08. The molecule has 0 spiro atoms. The first kappa shape index (κ1) is 16.0. The van der Waals surface area contributed by atoms with E-state index in [9.17, 15) is 5.11 Å². The van der Waals surface area contributed by atoms with Crippen LogP contribution in [0.25, 0.3) is 28.1 Å². The average Bonchev–Trinajstić information content (AvgIpc) is 3.08. The van der Waals surface area contributed by atoms with Crippen LogP contribution in [0.5, 0.6) is 17.2 Å². The van der Waals surface area contributed by atoms with Crippen LogP contribution in [0, 0.1) is 0 Å². The molecule has 4 aromatic rings. The van der Waals surface area contributed by atoms with Crippen molar-refractivity contribution in [3.8, 4) is 34.3 Å². The van der Waals surface area contributed by atoms with Gasteiger partial charge in [0.1, 0.15) is 5.82 Å². The minimum Gasteiger partial charge on any atom is -0.502 e. The SMILES string of the molecule is COc1cc(-c2nc3ccccc3n2-c2ccccc2)cc(OC)c1O. The highest BCUT2D eigenvalue weighted by Crippen LogP contribution is 2.41. The van der Waals surface area contributed by atoms with E-state index in [2.05, 4.69) is 4.57 Å². The monoisotopic (exact) mass is 346 g/mol. The molecule has 3 aromatic carbocycles. The Hall–Kier alpha value is -3.47. The Morgan fingerprint density at radius 2 is 1.46 bits per heavy atom. The van der Waals surface area contributed by atoms with Gasteiger partial charge < -0.3 is 14.6 Å². The van der Waals surface area contributed by atoms with E-state index in [1.807, 2.05) is 54.6 Å². The van der Waals surface area contributed by atoms with E-state index in [0.29, 0.717) is 11.5 Å². The summed E-state index contributed by atoms with van der Waals surface area (Å²) >= 11 is 0. The van der Waals surface area contributed by atoms with Crippen LogP contribution in [0.15, 0.2) is 66.7 Å². The van der Waals surface area contributed by atoms with Gasteiger partial charge >= 0.3 is 0 Å². The predicted octanol–water partition coefficient (Wildman–Crippen LogP) is 4.42. The van der Waals surface area contributed by atoms with Crippen molar-refractivity contribution in [1.82, 2.24) is 9.55 Å². The van der Waals surface area contributed by atoms with E-state index >= 15 is 0 Å². The quantitative estimate of drug-likeness (QED) is 0.594. The number of hydrogen-bond donors (Lipinski definition) is 1. The highest BCUT2D eigenvalue weighted by atomic mass is 16.5. The molecule has 0 bridgehead atoms. The highest BCUT2D eigenvalue weighted by Gasteiger charge is 2.18. The van der Waals surface area contributed by atoms with Gasteiger partial charge in [-0.25, -0.2) is 4.98 Å². The summed E-state index contributed by atoms with van der Waals surface area (Å²) in [5.74, 6) is 1.40. The Balaban J connectivity index is 2.04. The fourth-order valence-corrected chi connectivity index (χ4v) is 3.08. The predicted molar refractivity (Wildman–Crippen MR) is 101 cm³/mol. The Bertz CT molecular complexity index is 1050. The van der Waals surface area contributed by atoms with Crippen molar-refractivity contribution in [3.05, 3.63) is 66.7 Å². The number of phenols is 1. The summed E-state index contributed by atoms with van der Waals surface area (Å²) in [6.45, 7) is 0. The second-order valence-corrected chi connectivity index (χ2v) is 5.82. The van der Waals surface area contributed by atoms with Crippen molar-refractivity contribution in [3.63, 3.8) is 0 Å². The normalized spacial score (nSPS) is 10.8. The van der Waals surface area contributed by atoms with Gasteiger partial charge in [-0.3, -0.25) is 4.57 Å². The first-order valence-electron chi connectivity index (χ1n) is 8.21. The van der Waals surface area contributed by atoms with Crippen LogP contribution >= 0.6 is 0 Å². The standard InChI is InChI=1S/C21H18N2O3/c1-25-18-12-14(13-19(26-2)20(18)24)21-22-16-10-6-7-11-17(16)23(21)15-8-4-3-5-9-15/h3-13,24H,1-2H3. The lowest BCUT2D eigenvalue weighted by Gasteiger charge is -2.13. The molecule has 0 unspecified atom stereocenters. The molecular formula is C21H18N2O3. The van der Waals surface area contributed by atoms with Crippen molar-refractivity contribution in [2.75, 3.05) is 14.2 Å². The molecule has 5 heteroatoms. The molecule has 130 valence electrons. The number of fused-ring (bicyclic) bond motifs is 1. The van der Waals surface area contributed by atoms with Gasteiger partial charge in [-0.1, -0.05) is 30.3 Å². The molecule has 1 heterocycles. The smallest absolute Gasteiger partial charge is 0.200 e. The van der Waals surface area contributed by atoms with Crippen molar-refractivity contribution in [2.24, 2.45) is 0 Å². The topological polar surface area (TPSA) is 56.5 Å². The summed E-state index contributed by atoms with van der Waals surface area (Å²) in [6.07, 6.45) is 0. The van der Waals surface area contributed by atoms with Gasteiger partial charge in [0, 0.05) is 11.3 Å². The maximum atomic E-state index is 10.2. The number of rotatable bonds is 4. The molecule has 26 heavy (non-hydrogen) atoms. The van der Waals surface area contributed by atoms with E-state index in [0.717, 1.165) is 28.1 Å². The van der Waals surface area contributed by atoms with Crippen molar-refractivity contribution in [1.29, 1.82) is 0 Å². The largest absolute Gasteiger partial charge is 0.502 e. The molecule has 1 aromatic heterocycles. The van der Waals surface area contributed by atoms with E-state index in [4.69, 9.17) is 14.5 Å². The summed E-state index contributed by atoms with van der Waals surface area (Å²) in [6, 6.07) is 21.5. The molecular weight excluding hydrogens is 328 g/mol. The highest BCUT2D eigenvalue weighted by molar-refractivity contribution is 5.84. The Kier molecular flexibility index (Phi) is 3.97. The maximum Gasteiger partial charge on any atom is 0.200 e. The van der Waals surface area contributed by atoms with Gasteiger partial charge in [0.15, 0.2) is 11.5 Å². The number of aromatic hydroxyl groups is 1. The molecule has 1 N–H and O–H groups in total. The molecule has 0 atom stereocenters. The van der Waals surface area contributed by atoms with Crippen LogP contribution in [0.3, 0.4) is 0 Å². The van der Waals surface area contributed by atoms with Crippen LogP contribution in [0.4, 0.5) is 0 Å². The summed E-state index contributed by atoms with van der Waals surface area (Å²) in [5, 5.41) is 10.2. The zero-order chi connectivity index (χ0) is 18.1. The number of methoxy groups -OCH3 is 2. The van der Waals surface area contributed by atoms with Crippen LogP contribution in [-0.2, 0) is 0 Å². The number of ether oxygens (including phenoxy) is 2. The molecule has 0 aliphatic carbocycles. The molecule has 4 rings (SSSR count). The first-order valence-corrected chi connectivity index (χ1v) is 8.21. The zero-order valence-corrected chi connectivity index (χ0v) is 14.5. The number of benzene rings is 3. The van der Waals surface area contributed by atoms with Crippen LogP contribution in [0.2, 0.25) is 0 Å². The van der Waals surface area contributed by atoms with Crippen molar-refractivity contribution < 1.29 is 14.6 Å². The summed E-state index contributed by atoms with van der Waals surface area (Å²) in [4.78, 5) is 4.81. The van der Waals surface area contributed by atoms with Crippen LogP contribution in [-0.4, -0.2) is 28.9 Å². The Labute approximate surface area is 151 Å².